The second kappa shape index (κ2) is 5.54. The molecule has 0 fully saturated rings. The summed E-state index contributed by atoms with van der Waals surface area (Å²) in [5, 5.41) is 0. The molecular weight excluding hydrogens is 164 g/mol. The monoisotopic (exact) mass is 181 g/mol. The van der Waals surface area contributed by atoms with E-state index in [0.29, 0.717) is 0 Å². The van der Waals surface area contributed by atoms with Crippen LogP contribution in [0.4, 0.5) is 0 Å². The predicted molar refractivity (Wildman–Crippen MR) is 51.5 cm³/mol. The molecule has 72 valence electrons. The van der Waals surface area contributed by atoms with Crippen LogP contribution in [0.15, 0.2) is 18.3 Å². The molecule has 1 aromatic heterocycles. The fraction of sp³-hybridized carbons (Fsp3) is 0.500. The quantitative estimate of drug-likeness (QED) is 0.678. The predicted octanol–water partition coefficient (Wildman–Crippen LogP) is 0.655. The Kier molecular flexibility index (Phi) is 4.26. The number of nitrogens with zero attached hydrogens (tertiary/aromatic N) is 1. The molecule has 0 spiro atoms. The van der Waals surface area contributed by atoms with Crippen molar-refractivity contribution >= 4 is 0 Å². The van der Waals surface area contributed by atoms with E-state index in [1.54, 1.807) is 6.20 Å². The summed E-state index contributed by atoms with van der Waals surface area (Å²) in [5.74, 6) is 0.852. The topological polar surface area (TPSA) is 49.8 Å². The average Bonchev–Trinajstić information content (AvgIpc) is 2.19. The highest BCUT2D eigenvalue weighted by molar-refractivity contribution is 5.19. The van der Waals surface area contributed by atoms with Crippen molar-refractivity contribution in [2.75, 3.05) is 13.2 Å². The summed E-state index contributed by atoms with van der Waals surface area (Å²) in [6, 6.07) is 3.97. The van der Waals surface area contributed by atoms with Crippen molar-refractivity contribution in [3.05, 3.63) is 24.0 Å². The van der Waals surface area contributed by atoms with Crippen LogP contribution < -0.4 is 10.5 Å². The fourth-order valence-electron chi connectivity index (χ4n) is 0.998. The average molecular weight is 181 g/mol. The molecule has 0 saturated heterocycles. The van der Waals surface area contributed by atoms with Crippen LogP contribution in [-0.4, -0.2) is 18.1 Å². The van der Waals surface area contributed by atoms with E-state index in [2.05, 4.69) is 17.6 Å². The van der Waals surface area contributed by atoms with Gasteiger partial charge in [0.05, 0.1) is 19.3 Å². The number of hydrogen-bond donors (Lipinski definition) is 1. The Balaban J connectivity index is 2.40. The normalized spacial score (nSPS) is 10.0. The Labute approximate surface area is 78.9 Å². The molecule has 1 aromatic rings. The molecule has 0 aliphatic rings. The maximum absolute atomic E-state index is 5.44. The number of pyridine rings is 1. The Morgan fingerprint density at radius 3 is 2.85 bits per heavy atom. The van der Waals surface area contributed by atoms with Crippen LogP contribution in [0.3, 0.4) is 0 Å². The third kappa shape index (κ3) is 3.42. The molecule has 0 unspecified atom stereocenters. The zero-order chi connectivity index (χ0) is 9.52. The molecule has 1 rings (SSSR count). The van der Waals surface area contributed by atoms with Crippen molar-refractivity contribution < 1.29 is 10.5 Å². The molecule has 0 aliphatic heterocycles. The van der Waals surface area contributed by atoms with Crippen molar-refractivity contribution in [1.29, 1.82) is 0 Å². The molecule has 3 N–H and O–H groups in total. The highest BCUT2D eigenvalue weighted by atomic mass is 16.5. The van der Waals surface area contributed by atoms with Crippen molar-refractivity contribution in [1.82, 2.24) is 4.98 Å². The molecule has 3 heteroatoms. The van der Waals surface area contributed by atoms with Crippen molar-refractivity contribution in [2.45, 2.75) is 19.8 Å². The van der Waals surface area contributed by atoms with Gasteiger partial charge in [0.1, 0.15) is 5.75 Å². The summed E-state index contributed by atoms with van der Waals surface area (Å²) in [4.78, 5) is 4.24. The van der Waals surface area contributed by atoms with Gasteiger partial charge in [0, 0.05) is 12.1 Å². The van der Waals surface area contributed by atoms with E-state index in [9.17, 15) is 0 Å². The first kappa shape index (κ1) is 9.99. The number of aromatic nitrogens is 1. The van der Waals surface area contributed by atoms with Gasteiger partial charge in [-0.3, -0.25) is 4.98 Å². The first-order chi connectivity index (χ1) is 6.36. The Hall–Kier alpha value is -1.09. The highest BCUT2D eigenvalue weighted by Crippen LogP contribution is 2.09. The van der Waals surface area contributed by atoms with E-state index in [-0.39, 0.29) is 0 Å². The minimum Gasteiger partial charge on any atom is -0.492 e. The Bertz CT molecular complexity index is 233. The van der Waals surface area contributed by atoms with Crippen LogP contribution in [0.2, 0.25) is 0 Å². The van der Waals surface area contributed by atoms with E-state index in [0.717, 1.165) is 37.4 Å². The van der Waals surface area contributed by atoms with Crippen molar-refractivity contribution in [2.24, 2.45) is 0 Å². The molecule has 1 heterocycles. The van der Waals surface area contributed by atoms with Gasteiger partial charge in [-0.15, -0.1) is 0 Å². The van der Waals surface area contributed by atoms with Gasteiger partial charge in [-0.2, -0.15) is 0 Å². The summed E-state index contributed by atoms with van der Waals surface area (Å²) < 4.78 is 5.44. The maximum atomic E-state index is 5.44. The summed E-state index contributed by atoms with van der Waals surface area (Å²) in [7, 11) is 0. The summed E-state index contributed by atoms with van der Waals surface area (Å²) in [5.41, 5.74) is 4.85. The van der Waals surface area contributed by atoms with E-state index < -0.39 is 0 Å². The lowest BCUT2D eigenvalue weighted by Crippen LogP contribution is -2.50. The summed E-state index contributed by atoms with van der Waals surface area (Å²) in [6.45, 7) is 3.74. The van der Waals surface area contributed by atoms with Gasteiger partial charge in [0.2, 0.25) is 0 Å². The Morgan fingerprint density at radius 1 is 1.46 bits per heavy atom. The number of quaternary nitrogens is 1. The zero-order valence-corrected chi connectivity index (χ0v) is 8.12. The Morgan fingerprint density at radius 2 is 2.31 bits per heavy atom. The molecule has 0 aromatic carbocycles. The largest absolute Gasteiger partial charge is 0.492 e. The smallest absolute Gasteiger partial charge is 0.137 e. The van der Waals surface area contributed by atoms with Gasteiger partial charge in [-0.25, -0.2) is 0 Å². The molecule has 0 atom stereocenters. The summed E-state index contributed by atoms with van der Waals surface area (Å²) in [6.07, 6.45) is 3.75. The highest BCUT2D eigenvalue weighted by Gasteiger charge is 1.94. The minimum absolute atomic E-state index is 0.733. The molecule has 13 heavy (non-hydrogen) atoms. The zero-order valence-electron chi connectivity index (χ0n) is 8.12. The van der Waals surface area contributed by atoms with Gasteiger partial charge < -0.3 is 10.5 Å². The first-order valence-electron chi connectivity index (χ1n) is 4.73. The lowest BCUT2D eigenvalue weighted by molar-refractivity contribution is -0.368. The van der Waals surface area contributed by atoms with E-state index in [4.69, 9.17) is 4.74 Å². The van der Waals surface area contributed by atoms with Gasteiger partial charge >= 0.3 is 0 Å². The molecule has 0 amide bonds. The second-order valence-corrected chi connectivity index (χ2v) is 2.89. The molecule has 0 radical (unpaired) electrons. The lowest BCUT2D eigenvalue weighted by Gasteiger charge is -2.04. The fourth-order valence-corrected chi connectivity index (χ4v) is 0.998. The third-order valence-corrected chi connectivity index (χ3v) is 1.82. The van der Waals surface area contributed by atoms with Crippen LogP contribution in [0, 0.1) is 0 Å². The SMILES string of the molecule is CCc1ccc(OCCC[NH3+])cn1. The second-order valence-electron chi connectivity index (χ2n) is 2.89. The molecule has 0 saturated carbocycles. The number of rotatable bonds is 5. The minimum atomic E-state index is 0.733. The van der Waals surface area contributed by atoms with Gasteiger partial charge in [0.25, 0.3) is 0 Å². The van der Waals surface area contributed by atoms with Gasteiger partial charge in [-0.05, 0) is 18.6 Å². The molecule has 3 nitrogen and oxygen atoms in total. The number of hydrogen-bond acceptors (Lipinski definition) is 2. The maximum Gasteiger partial charge on any atom is 0.137 e. The molecule has 0 bridgehead atoms. The van der Waals surface area contributed by atoms with Crippen molar-refractivity contribution in [3.63, 3.8) is 0 Å². The van der Waals surface area contributed by atoms with Crippen molar-refractivity contribution in [3.8, 4) is 5.75 Å². The van der Waals surface area contributed by atoms with Crippen LogP contribution in [-0.2, 0) is 6.42 Å². The van der Waals surface area contributed by atoms with Crippen LogP contribution in [0.25, 0.3) is 0 Å². The van der Waals surface area contributed by atoms with Crippen LogP contribution in [0.5, 0.6) is 5.75 Å². The van der Waals surface area contributed by atoms with Crippen LogP contribution >= 0.6 is 0 Å². The summed E-state index contributed by atoms with van der Waals surface area (Å²) >= 11 is 0. The van der Waals surface area contributed by atoms with E-state index in [1.807, 2.05) is 12.1 Å². The first-order valence-corrected chi connectivity index (χ1v) is 4.73. The van der Waals surface area contributed by atoms with E-state index >= 15 is 0 Å². The number of ether oxygens (including phenoxy) is 1. The third-order valence-electron chi connectivity index (χ3n) is 1.82. The standard InChI is InChI=1S/C10H16N2O/c1-2-9-4-5-10(8-12-9)13-7-3-6-11/h4-5,8H,2-3,6-7,11H2,1H3/p+1. The number of aryl methyl sites for hydroxylation is 1. The molecular formula is C10H17N2O+. The van der Waals surface area contributed by atoms with Crippen LogP contribution in [0.1, 0.15) is 19.0 Å². The van der Waals surface area contributed by atoms with Gasteiger partial charge in [-0.1, -0.05) is 6.92 Å². The van der Waals surface area contributed by atoms with Gasteiger partial charge in [0.15, 0.2) is 0 Å². The molecule has 0 aliphatic carbocycles. The van der Waals surface area contributed by atoms with E-state index in [1.165, 1.54) is 0 Å². The lowest BCUT2D eigenvalue weighted by atomic mass is 10.3.